The molecule has 5 heterocycles. The van der Waals surface area contributed by atoms with Gasteiger partial charge in [-0.2, -0.15) is 0 Å². The van der Waals surface area contributed by atoms with Crippen molar-refractivity contribution in [2.45, 2.75) is 52.1 Å². The minimum absolute atomic E-state index is 0.270. The summed E-state index contributed by atoms with van der Waals surface area (Å²) in [5.74, 6) is 1.72. The Morgan fingerprint density at radius 3 is 2.94 bits per heavy atom. The minimum Gasteiger partial charge on any atom is -0.449 e. The lowest BCUT2D eigenvalue weighted by Crippen LogP contribution is -2.36. The van der Waals surface area contributed by atoms with Crippen molar-refractivity contribution in [2.75, 3.05) is 18.5 Å². The lowest BCUT2D eigenvalue weighted by molar-refractivity contribution is 0.0978. The molecule has 0 unspecified atom stereocenters. The lowest BCUT2D eigenvalue weighted by atomic mass is 10.0. The first-order chi connectivity index (χ1) is 16.5. The number of carbonyl (C=O) groups is 2. The Morgan fingerprint density at radius 1 is 1.21 bits per heavy atom. The summed E-state index contributed by atoms with van der Waals surface area (Å²) in [6.45, 7) is 5.46. The monoisotopic (exact) mass is 461 g/mol. The average Bonchev–Trinajstić information content (AvgIpc) is 3.45. The summed E-state index contributed by atoms with van der Waals surface area (Å²) in [7, 11) is 0. The van der Waals surface area contributed by atoms with Gasteiger partial charge in [-0.05, 0) is 55.5 Å². The molecule has 176 valence electrons. The predicted molar refractivity (Wildman–Crippen MR) is 124 cm³/mol. The zero-order chi connectivity index (χ0) is 23.7. The van der Waals surface area contributed by atoms with Gasteiger partial charge < -0.3 is 19.5 Å². The molecule has 0 spiro atoms. The maximum atomic E-state index is 12.9. The van der Waals surface area contributed by atoms with E-state index in [-0.39, 0.29) is 17.7 Å². The van der Waals surface area contributed by atoms with Crippen LogP contribution in [0.5, 0.6) is 0 Å². The summed E-state index contributed by atoms with van der Waals surface area (Å²) in [5.41, 5.74) is 2.86. The molecule has 0 fully saturated rings. The van der Waals surface area contributed by atoms with Gasteiger partial charge in [-0.3, -0.25) is 9.78 Å². The summed E-state index contributed by atoms with van der Waals surface area (Å²) in [5, 5.41) is 11.4. The third-order valence-electron chi connectivity index (χ3n) is 6.23. The number of aromatic nitrogens is 5. The van der Waals surface area contributed by atoms with E-state index in [2.05, 4.69) is 37.0 Å². The molecule has 5 rings (SSSR count). The first-order valence-corrected chi connectivity index (χ1v) is 11.7. The Labute approximate surface area is 197 Å². The highest BCUT2D eigenvalue weighted by atomic mass is 16.6. The van der Waals surface area contributed by atoms with Crippen LogP contribution in [-0.2, 0) is 24.1 Å². The van der Waals surface area contributed by atoms with Crippen LogP contribution in [0.15, 0.2) is 30.5 Å². The van der Waals surface area contributed by atoms with Crippen LogP contribution >= 0.6 is 0 Å². The van der Waals surface area contributed by atoms with Crippen molar-refractivity contribution in [1.29, 1.82) is 0 Å². The largest absolute Gasteiger partial charge is 0.449 e. The summed E-state index contributed by atoms with van der Waals surface area (Å²) in [4.78, 5) is 35.8. The maximum Gasteiger partial charge on any atom is 0.410 e. The topological polar surface area (TPSA) is 115 Å². The van der Waals surface area contributed by atoms with Gasteiger partial charge in [-0.1, -0.05) is 13.0 Å². The molecule has 10 heteroatoms. The van der Waals surface area contributed by atoms with Gasteiger partial charge >= 0.3 is 6.09 Å². The molecule has 3 aromatic rings. The number of aryl methyl sites for hydroxylation is 1. The summed E-state index contributed by atoms with van der Waals surface area (Å²) >= 11 is 0. The molecule has 1 N–H and O–H groups in total. The van der Waals surface area contributed by atoms with E-state index in [9.17, 15) is 9.59 Å². The highest BCUT2D eigenvalue weighted by molar-refractivity contribution is 6.02. The number of fused-ring (bicyclic) bond motifs is 2. The maximum absolute atomic E-state index is 12.9. The van der Waals surface area contributed by atoms with Crippen LogP contribution in [0.4, 0.5) is 10.6 Å². The van der Waals surface area contributed by atoms with Crippen molar-refractivity contribution < 1.29 is 14.3 Å². The molecule has 0 aliphatic carbocycles. The van der Waals surface area contributed by atoms with Crippen LogP contribution in [0.1, 0.15) is 60.2 Å². The van der Waals surface area contributed by atoms with Gasteiger partial charge in [0.05, 0.1) is 6.61 Å². The van der Waals surface area contributed by atoms with E-state index < -0.39 is 0 Å². The standard InChI is InChI=1S/C24H27N7O3/c1-3-11-34-24(33)30-10-9-16-13-25-19(12-17(16)14-30)23(32)27-20-6-4-5-18(26-20)22-29-28-21-8-7-15(2)31(21)22/h4-6,12-13,15H,3,7-11,14H2,1-2H3,(H,26,27,32)/t15-/m1/s1. The number of anilines is 1. The number of hydrogen-bond donors (Lipinski definition) is 1. The normalized spacial score (nSPS) is 16.6. The van der Waals surface area contributed by atoms with Crippen molar-refractivity contribution >= 4 is 17.8 Å². The number of rotatable bonds is 5. The summed E-state index contributed by atoms with van der Waals surface area (Å²) in [6.07, 6.45) is 4.78. The molecule has 10 nitrogen and oxygen atoms in total. The number of pyridine rings is 2. The Balaban J connectivity index is 1.31. The van der Waals surface area contributed by atoms with Crippen LogP contribution in [0, 0.1) is 0 Å². The molecule has 0 radical (unpaired) electrons. The Morgan fingerprint density at radius 2 is 2.09 bits per heavy atom. The smallest absolute Gasteiger partial charge is 0.410 e. The van der Waals surface area contributed by atoms with Crippen LogP contribution in [0.2, 0.25) is 0 Å². The quantitative estimate of drug-likeness (QED) is 0.619. The molecule has 0 saturated heterocycles. The highest BCUT2D eigenvalue weighted by Crippen LogP contribution is 2.30. The second-order valence-corrected chi connectivity index (χ2v) is 8.68. The molecular formula is C24H27N7O3. The fourth-order valence-corrected chi connectivity index (χ4v) is 4.41. The fourth-order valence-electron chi connectivity index (χ4n) is 4.41. The second-order valence-electron chi connectivity index (χ2n) is 8.68. The molecule has 0 aromatic carbocycles. The highest BCUT2D eigenvalue weighted by Gasteiger charge is 2.26. The lowest BCUT2D eigenvalue weighted by Gasteiger charge is -2.28. The molecule has 34 heavy (non-hydrogen) atoms. The molecule has 0 bridgehead atoms. The van der Waals surface area contributed by atoms with E-state index >= 15 is 0 Å². The van der Waals surface area contributed by atoms with Gasteiger partial charge in [0, 0.05) is 31.7 Å². The molecule has 3 aromatic heterocycles. The Kier molecular flexibility index (Phi) is 5.95. The zero-order valence-electron chi connectivity index (χ0n) is 19.3. The van der Waals surface area contributed by atoms with Gasteiger partial charge in [-0.15, -0.1) is 10.2 Å². The summed E-state index contributed by atoms with van der Waals surface area (Å²) in [6, 6.07) is 7.48. The van der Waals surface area contributed by atoms with E-state index in [1.165, 1.54) is 0 Å². The predicted octanol–water partition coefficient (Wildman–Crippen LogP) is 3.40. The Hall–Kier alpha value is -3.82. The second kappa shape index (κ2) is 9.20. The third-order valence-corrected chi connectivity index (χ3v) is 6.23. The van der Waals surface area contributed by atoms with Crippen LogP contribution in [-0.4, -0.2) is 54.8 Å². The van der Waals surface area contributed by atoms with Crippen LogP contribution < -0.4 is 5.32 Å². The van der Waals surface area contributed by atoms with Crippen LogP contribution in [0.3, 0.4) is 0 Å². The number of hydrogen-bond acceptors (Lipinski definition) is 7. The van der Waals surface area contributed by atoms with E-state index in [1.807, 2.05) is 19.1 Å². The van der Waals surface area contributed by atoms with E-state index in [0.29, 0.717) is 49.5 Å². The number of ether oxygens (including phenoxy) is 1. The first kappa shape index (κ1) is 22.0. The van der Waals surface area contributed by atoms with Gasteiger partial charge in [0.25, 0.3) is 5.91 Å². The van der Waals surface area contributed by atoms with Crippen molar-refractivity contribution in [2.24, 2.45) is 0 Å². The third kappa shape index (κ3) is 4.23. The molecule has 1 atom stereocenters. The Bertz CT molecular complexity index is 1240. The first-order valence-electron chi connectivity index (χ1n) is 11.7. The van der Waals surface area contributed by atoms with Gasteiger partial charge in [0.1, 0.15) is 23.0 Å². The van der Waals surface area contributed by atoms with Gasteiger partial charge in [0.15, 0.2) is 5.82 Å². The number of nitrogens with zero attached hydrogens (tertiary/aromatic N) is 6. The van der Waals surface area contributed by atoms with E-state index in [0.717, 1.165) is 36.2 Å². The molecular weight excluding hydrogens is 434 g/mol. The summed E-state index contributed by atoms with van der Waals surface area (Å²) < 4.78 is 7.36. The molecule has 2 amide bonds. The average molecular weight is 462 g/mol. The number of amides is 2. The van der Waals surface area contributed by atoms with Crippen molar-refractivity contribution in [1.82, 2.24) is 29.6 Å². The van der Waals surface area contributed by atoms with Crippen molar-refractivity contribution in [3.05, 3.63) is 53.1 Å². The minimum atomic E-state index is -0.363. The van der Waals surface area contributed by atoms with E-state index in [1.54, 1.807) is 23.2 Å². The number of nitrogens with one attached hydrogen (secondary N) is 1. The van der Waals surface area contributed by atoms with Gasteiger partial charge in [0.2, 0.25) is 0 Å². The molecule has 2 aliphatic heterocycles. The van der Waals surface area contributed by atoms with E-state index in [4.69, 9.17) is 4.74 Å². The van der Waals surface area contributed by atoms with Crippen LogP contribution in [0.25, 0.3) is 11.5 Å². The molecule has 2 aliphatic rings. The SMILES string of the molecule is CCCOC(=O)N1CCc2cnc(C(=O)Nc3cccc(-c4nnc5n4[C@H](C)CC5)n3)cc2C1. The molecule has 0 saturated carbocycles. The number of carbonyl (C=O) groups excluding carboxylic acids is 2. The van der Waals surface area contributed by atoms with Crippen molar-refractivity contribution in [3.63, 3.8) is 0 Å². The van der Waals surface area contributed by atoms with Gasteiger partial charge in [-0.25, -0.2) is 9.78 Å². The van der Waals surface area contributed by atoms with Crippen molar-refractivity contribution in [3.8, 4) is 11.5 Å². The zero-order valence-corrected chi connectivity index (χ0v) is 19.3. The fraction of sp³-hybridized carbons (Fsp3) is 0.417.